The normalized spacial score (nSPS) is 15.3. The summed E-state index contributed by atoms with van der Waals surface area (Å²) < 4.78 is 38.4. The van der Waals surface area contributed by atoms with Crippen molar-refractivity contribution in [2.45, 2.75) is 4.90 Å². The molecule has 0 bridgehead atoms. The number of methoxy groups -OCH3 is 1. The summed E-state index contributed by atoms with van der Waals surface area (Å²) in [5.74, 6) is 0.470. The molecule has 0 radical (unpaired) electrons. The van der Waals surface area contributed by atoms with Crippen LogP contribution in [0, 0.1) is 0 Å². The van der Waals surface area contributed by atoms with Crippen molar-refractivity contribution in [1.82, 2.24) is 4.31 Å². The summed E-state index contributed by atoms with van der Waals surface area (Å²) in [5, 5.41) is 0. The summed E-state index contributed by atoms with van der Waals surface area (Å²) in [4.78, 5) is 4.63. The van der Waals surface area contributed by atoms with Crippen LogP contribution in [-0.4, -0.2) is 52.4 Å². The first-order chi connectivity index (χ1) is 15.1. The molecule has 7 heteroatoms. The maximum atomic E-state index is 13.2. The first kappa shape index (κ1) is 21.2. The molecule has 0 saturated carbocycles. The smallest absolute Gasteiger partial charge is 0.245 e. The van der Waals surface area contributed by atoms with E-state index >= 15 is 0 Å². The van der Waals surface area contributed by atoms with Crippen molar-refractivity contribution >= 4 is 21.9 Å². The lowest BCUT2D eigenvalue weighted by atomic mass is 10.0. The van der Waals surface area contributed by atoms with E-state index in [-0.39, 0.29) is 4.90 Å². The monoisotopic (exact) mass is 436 g/mol. The highest BCUT2D eigenvalue weighted by Crippen LogP contribution is 2.31. The maximum Gasteiger partial charge on any atom is 0.245 e. The lowest BCUT2D eigenvalue weighted by Gasteiger charge is -2.26. The summed E-state index contributed by atoms with van der Waals surface area (Å²) in [7, 11) is -2.20. The minimum Gasteiger partial charge on any atom is -0.497 e. The number of sulfonamides is 1. The Morgan fingerprint density at radius 1 is 0.935 bits per heavy atom. The van der Waals surface area contributed by atoms with Crippen LogP contribution in [0.3, 0.4) is 0 Å². The molecule has 160 valence electrons. The molecule has 0 N–H and O–H groups in total. The van der Waals surface area contributed by atoms with Crippen LogP contribution < -0.4 is 4.74 Å². The first-order valence-corrected chi connectivity index (χ1v) is 11.5. The molecule has 0 unspecified atom stereocenters. The second-order valence-electron chi connectivity index (χ2n) is 7.10. The number of morpholine rings is 1. The number of ether oxygens (including phenoxy) is 2. The number of nitrogens with zero attached hydrogens (tertiary/aromatic N) is 2. The molecule has 1 heterocycles. The Morgan fingerprint density at radius 3 is 2.29 bits per heavy atom. The van der Waals surface area contributed by atoms with Crippen LogP contribution in [-0.2, 0) is 14.8 Å². The quantitative estimate of drug-likeness (QED) is 0.545. The summed E-state index contributed by atoms with van der Waals surface area (Å²) in [6, 6.07) is 23.0. The van der Waals surface area contributed by atoms with Gasteiger partial charge in [-0.2, -0.15) is 4.31 Å². The van der Waals surface area contributed by atoms with E-state index in [1.807, 2.05) is 42.5 Å². The third-order valence-electron chi connectivity index (χ3n) is 5.13. The highest BCUT2D eigenvalue weighted by molar-refractivity contribution is 7.89. The molecule has 31 heavy (non-hydrogen) atoms. The van der Waals surface area contributed by atoms with E-state index in [9.17, 15) is 8.42 Å². The van der Waals surface area contributed by atoms with Gasteiger partial charge in [-0.15, -0.1) is 0 Å². The highest BCUT2D eigenvalue weighted by Gasteiger charge is 2.29. The van der Waals surface area contributed by atoms with Crippen molar-refractivity contribution in [2.75, 3.05) is 33.4 Å². The Bertz CT molecular complexity index is 1150. The second kappa shape index (κ2) is 9.43. The molecule has 1 saturated heterocycles. The van der Waals surface area contributed by atoms with E-state index in [0.29, 0.717) is 37.7 Å². The van der Waals surface area contributed by atoms with Crippen LogP contribution in [0.4, 0.5) is 5.69 Å². The van der Waals surface area contributed by atoms with E-state index in [1.54, 1.807) is 18.3 Å². The predicted octanol–water partition coefficient (Wildman–Crippen LogP) is 4.13. The zero-order chi connectivity index (χ0) is 21.7. The van der Waals surface area contributed by atoms with Gasteiger partial charge < -0.3 is 9.47 Å². The molecule has 0 spiro atoms. The number of benzene rings is 3. The zero-order valence-corrected chi connectivity index (χ0v) is 18.1. The lowest BCUT2D eigenvalue weighted by Crippen LogP contribution is -2.40. The molecule has 1 fully saturated rings. The van der Waals surface area contributed by atoms with Gasteiger partial charge in [-0.3, -0.25) is 4.99 Å². The van der Waals surface area contributed by atoms with Crippen molar-refractivity contribution in [3.8, 4) is 16.9 Å². The van der Waals surface area contributed by atoms with Gasteiger partial charge in [0.05, 0.1) is 26.0 Å². The van der Waals surface area contributed by atoms with E-state index < -0.39 is 10.0 Å². The summed E-state index contributed by atoms with van der Waals surface area (Å²) >= 11 is 0. The molecule has 6 nitrogen and oxygen atoms in total. The molecule has 0 aliphatic carbocycles. The lowest BCUT2D eigenvalue weighted by molar-refractivity contribution is 0.0730. The molecule has 4 rings (SSSR count). The topological polar surface area (TPSA) is 68.2 Å². The molecule has 0 amide bonds. The van der Waals surface area contributed by atoms with Crippen molar-refractivity contribution < 1.29 is 17.9 Å². The van der Waals surface area contributed by atoms with Crippen LogP contribution in [0.15, 0.2) is 82.7 Å². The van der Waals surface area contributed by atoms with Gasteiger partial charge in [0.15, 0.2) is 0 Å². The average Bonchev–Trinajstić information content (AvgIpc) is 2.84. The van der Waals surface area contributed by atoms with Crippen molar-refractivity contribution in [3.63, 3.8) is 0 Å². The Balaban J connectivity index is 1.63. The summed E-state index contributed by atoms with van der Waals surface area (Å²) in [5.41, 5.74) is 3.50. The molecule has 3 aromatic rings. The minimum absolute atomic E-state index is 0.130. The van der Waals surface area contributed by atoms with Gasteiger partial charge >= 0.3 is 0 Å². The van der Waals surface area contributed by atoms with Gasteiger partial charge in [-0.05, 0) is 28.8 Å². The van der Waals surface area contributed by atoms with Crippen molar-refractivity contribution in [1.29, 1.82) is 0 Å². The predicted molar refractivity (Wildman–Crippen MR) is 122 cm³/mol. The molecular formula is C24H24N2O4S. The number of hydrogen-bond acceptors (Lipinski definition) is 5. The van der Waals surface area contributed by atoms with E-state index in [1.165, 1.54) is 17.5 Å². The summed E-state index contributed by atoms with van der Waals surface area (Å²) in [6.07, 6.45) is 1.68. The Labute approximate surface area is 182 Å². The van der Waals surface area contributed by atoms with Gasteiger partial charge in [0.25, 0.3) is 0 Å². The Hall–Kier alpha value is -3.00. The van der Waals surface area contributed by atoms with Crippen LogP contribution in [0.1, 0.15) is 5.56 Å². The standard InChI is InChI=1S/C24H24N2O4S/c1-29-22-11-12-23(24(17-22)31(27,28)26-13-15-30-16-14-26)25-18-19-7-9-21(10-8-19)20-5-3-2-4-6-20/h2-12,17-18H,13-16H2,1H3. The molecular weight excluding hydrogens is 412 g/mol. The van der Waals surface area contributed by atoms with Crippen LogP contribution in [0.2, 0.25) is 0 Å². The fourth-order valence-corrected chi connectivity index (χ4v) is 4.96. The van der Waals surface area contributed by atoms with Gasteiger partial charge in [0.1, 0.15) is 10.6 Å². The van der Waals surface area contributed by atoms with E-state index in [2.05, 4.69) is 17.1 Å². The van der Waals surface area contributed by atoms with Crippen LogP contribution in [0.5, 0.6) is 5.75 Å². The Morgan fingerprint density at radius 2 is 1.61 bits per heavy atom. The Kier molecular flexibility index (Phi) is 6.46. The first-order valence-electron chi connectivity index (χ1n) is 10.0. The minimum atomic E-state index is -3.71. The van der Waals surface area contributed by atoms with Crippen molar-refractivity contribution in [2.24, 2.45) is 4.99 Å². The third kappa shape index (κ3) is 4.85. The second-order valence-corrected chi connectivity index (χ2v) is 9.00. The SMILES string of the molecule is COc1ccc(N=Cc2ccc(-c3ccccc3)cc2)c(S(=O)(=O)N2CCOCC2)c1. The molecule has 1 aliphatic rings. The van der Waals surface area contributed by atoms with Gasteiger partial charge in [-0.1, -0.05) is 54.6 Å². The molecule has 1 aliphatic heterocycles. The van der Waals surface area contributed by atoms with Gasteiger partial charge in [0.2, 0.25) is 10.0 Å². The van der Waals surface area contributed by atoms with Crippen LogP contribution >= 0.6 is 0 Å². The van der Waals surface area contributed by atoms with E-state index in [0.717, 1.165) is 16.7 Å². The van der Waals surface area contributed by atoms with E-state index in [4.69, 9.17) is 9.47 Å². The number of aliphatic imine (C=N–C) groups is 1. The molecule has 0 aromatic heterocycles. The highest BCUT2D eigenvalue weighted by atomic mass is 32.2. The number of rotatable bonds is 6. The third-order valence-corrected chi connectivity index (χ3v) is 7.05. The van der Waals surface area contributed by atoms with Gasteiger partial charge in [-0.25, -0.2) is 8.42 Å². The molecule has 0 atom stereocenters. The largest absolute Gasteiger partial charge is 0.497 e. The summed E-state index contributed by atoms with van der Waals surface area (Å²) in [6.45, 7) is 1.42. The van der Waals surface area contributed by atoms with Crippen molar-refractivity contribution in [3.05, 3.63) is 78.4 Å². The van der Waals surface area contributed by atoms with Gasteiger partial charge in [0, 0.05) is 25.4 Å². The fraction of sp³-hybridized carbons (Fsp3) is 0.208. The average molecular weight is 437 g/mol. The number of hydrogen-bond donors (Lipinski definition) is 0. The maximum absolute atomic E-state index is 13.2. The fourth-order valence-electron chi connectivity index (χ4n) is 3.40. The molecule has 3 aromatic carbocycles. The zero-order valence-electron chi connectivity index (χ0n) is 17.3. The van der Waals surface area contributed by atoms with Crippen LogP contribution in [0.25, 0.3) is 11.1 Å².